The Morgan fingerprint density at radius 2 is 1.17 bits per heavy atom. The van der Waals surface area contributed by atoms with Gasteiger partial charge in [0.1, 0.15) is 28.6 Å². The Balaban J connectivity index is 0.000000170. The second-order valence-corrected chi connectivity index (χ2v) is 13.4. The fraction of sp³-hybridized carbons (Fsp3) is 0.0930. The Kier molecular flexibility index (Phi) is 9.26. The SMILES string of the molecule is CC(C)(C)OC(=O)Nc1cccc(-c2ccc(/C=C3/C(=O)Nc4ccccc43)o2)c1.Nc1cccc(-c2ccc(/C=C3/C(=O)Nc4ccccc43)o2)c1. The molecule has 0 radical (unpaired) electrons. The fourth-order valence-corrected chi connectivity index (χ4v) is 5.88. The third kappa shape index (κ3) is 7.97. The lowest BCUT2D eigenvalue weighted by molar-refractivity contribution is -0.111. The molecule has 8 rings (SSSR count). The molecule has 10 nitrogen and oxygen atoms in total. The van der Waals surface area contributed by atoms with E-state index in [0.717, 1.165) is 39.4 Å². The largest absolute Gasteiger partial charge is 0.457 e. The maximum atomic E-state index is 12.3. The van der Waals surface area contributed by atoms with Gasteiger partial charge in [0.05, 0.1) is 11.1 Å². The highest BCUT2D eigenvalue weighted by atomic mass is 16.6. The van der Waals surface area contributed by atoms with Crippen LogP contribution in [0.15, 0.2) is 130 Å². The lowest BCUT2D eigenvalue weighted by Crippen LogP contribution is -2.27. The fourth-order valence-electron chi connectivity index (χ4n) is 5.88. The van der Waals surface area contributed by atoms with E-state index in [1.807, 2.05) is 130 Å². The van der Waals surface area contributed by atoms with Crippen LogP contribution in [0.5, 0.6) is 0 Å². The van der Waals surface area contributed by atoms with Crippen LogP contribution in [-0.4, -0.2) is 23.5 Å². The van der Waals surface area contributed by atoms with Crippen molar-refractivity contribution in [3.05, 3.63) is 144 Å². The van der Waals surface area contributed by atoms with E-state index >= 15 is 0 Å². The van der Waals surface area contributed by atoms with Gasteiger partial charge in [0, 0.05) is 45.0 Å². The Bertz CT molecular complexity index is 2430. The highest BCUT2D eigenvalue weighted by molar-refractivity contribution is 6.35. The number of fused-ring (bicyclic) bond motifs is 2. The van der Waals surface area contributed by atoms with Crippen LogP contribution in [0, 0.1) is 0 Å². The van der Waals surface area contributed by atoms with Gasteiger partial charge in [-0.05, 0) is 93.6 Å². The topological polar surface area (TPSA) is 149 Å². The van der Waals surface area contributed by atoms with E-state index < -0.39 is 11.7 Å². The number of para-hydroxylation sites is 2. The number of hydrogen-bond donors (Lipinski definition) is 4. The molecule has 264 valence electrons. The van der Waals surface area contributed by atoms with Crippen molar-refractivity contribution < 1.29 is 28.0 Å². The standard InChI is InChI=1S/C24H22N2O4.C19H14N2O2/c1-24(2,3)30-23(28)25-16-8-6-7-15(13-16)21-12-11-17(29-21)14-19-18-9-4-5-10-20(18)26-22(19)27;20-13-5-3-4-12(10-13)18-9-8-14(23-18)11-16-15-6-1-2-7-17(15)21-19(16)22/h4-14H,1-3H3,(H,25,28)(H,26,27);1-11H,20H2,(H,21,22)/b19-14+;16-11+. The molecule has 2 aliphatic heterocycles. The molecule has 0 aliphatic carbocycles. The number of amides is 3. The molecular formula is C43H36N4O6. The van der Waals surface area contributed by atoms with Crippen LogP contribution in [0.25, 0.3) is 45.9 Å². The minimum atomic E-state index is -0.573. The molecule has 4 heterocycles. The van der Waals surface area contributed by atoms with Crippen LogP contribution >= 0.6 is 0 Å². The molecule has 3 amide bonds. The summed E-state index contributed by atoms with van der Waals surface area (Å²) in [5.74, 6) is 2.27. The van der Waals surface area contributed by atoms with Crippen LogP contribution in [0.1, 0.15) is 43.4 Å². The van der Waals surface area contributed by atoms with E-state index in [1.165, 1.54) is 0 Å². The first-order chi connectivity index (χ1) is 25.5. The van der Waals surface area contributed by atoms with Gasteiger partial charge in [0.2, 0.25) is 0 Å². The van der Waals surface area contributed by atoms with Gasteiger partial charge in [-0.25, -0.2) is 4.79 Å². The molecule has 2 aromatic heterocycles. The lowest BCUT2D eigenvalue weighted by atomic mass is 10.1. The van der Waals surface area contributed by atoms with Gasteiger partial charge in [0.25, 0.3) is 11.8 Å². The summed E-state index contributed by atoms with van der Waals surface area (Å²) in [6.07, 6.45) is 2.97. The first-order valence-electron chi connectivity index (χ1n) is 16.9. The quantitative estimate of drug-likeness (QED) is 0.103. The van der Waals surface area contributed by atoms with E-state index in [9.17, 15) is 14.4 Å². The van der Waals surface area contributed by atoms with Gasteiger partial charge in [-0.15, -0.1) is 0 Å². The summed E-state index contributed by atoms with van der Waals surface area (Å²) in [6, 6.07) is 37.3. The van der Waals surface area contributed by atoms with Crippen LogP contribution in [0.4, 0.5) is 27.5 Å². The normalized spacial score (nSPS) is 14.5. The minimum absolute atomic E-state index is 0.117. The number of ether oxygens (including phenoxy) is 1. The summed E-state index contributed by atoms with van der Waals surface area (Å²) >= 11 is 0. The van der Waals surface area contributed by atoms with Crippen LogP contribution in [0.3, 0.4) is 0 Å². The van der Waals surface area contributed by atoms with Crippen LogP contribution < -0.4 is 21.7 Å². The predicted molar refractivity (Wildman–Crippen MR) is 208 cm³/mol. The molecule has 5 N–H and O–H groups in total. The number of nitrogen functional groups attached to an aromatic ring is 1. The molecule has 2 aliphatic rings. The van der Waals surface area contributed by atoms with Gasteiger partial charge >= 0.3 is 6.09 Å². The summed E-state index contributed by atoms with van der Waals surface area (Å²) in [5, 5.41) is 8.42. The molecule has 0 bridgehead atoms. The van der Waals surface area contributed by atoms with Crippen molar-refractivity contribution in [2.75, 3.05) is 21.7 Å². The van der Waals surface area contributed by atoms with Gasteiger partial charge in [0.15, 0.2) is 0 Å². The molecule has 0 saturated heterocycles. The highest BCUT2D eigenvalue weighted by Gasteiger charge is 2.25. The predicted octanol–water partition coefficient (Wildman–Crippen LogP) is 9.81. The second kappa shape index (κ2) is 14.3. The van der Waals surface area contributed by atoms with Gasteiger partial charge < -0.3 is 29.9 Å². The number of benzene rings is 4. The third-order valence-corrected chi connectivity index (χ3v) is 8.21. The highest BCUT2D eigenvalue weighted by Crippen LogP contribution is 2.35. The summed E-state index contributed by atoms with van der Waals surface area (Å²) in [4.78, 5) is 36.4. The molecule has 0 saturated carbocycles. The van der Waals surface area contributed by atoms with Gasteiger partial charge in [-0.2, -0.15) is 0 Å². The van der Waals surface area contributed by atoms with E-state index in [0.29, 0.717) is 39.8 Å². The number of carbonyl (C=O) groups excluding carboxylic acids is 3. The maximum absolute atomic E-state index is 12.3. The van der Waals surface area contributed by atoms with Crippen molar-refractivity contribution in [3.63, 3.8) is 0 Å². The molecule has 53 heavy (non-hydrogen) atoms. The lowest BCUT2D eigenvalue weighted by Gasteiger charge is -2.19. The average Bonchev–Trinajstić information content (AvgIpc) is 3.92. The van der Waals surface area contributed by atoms with Crippen molar-refractivity contribution in [2.24, 2.45) is 0 Å². The van der Waals surface area contributed by atoms with Crippen LogP contribution in [-0.2, 0) is 14.3 Å². The van der Waals surface area contributed by atoms with Crippen molar-refractivity contribution in [3.8, 4) is 22.6 Å². The Labute approximate surface area is 306 Å². The van der Waals surface area contributed by atoms with E-state index in [2.05, 4.69) is 16.0 Å². The summed E-state index contributed by atoms with van der Waals surface area (Å²) in [6.45, 7) is 5.43. The first-order valence-corrected chi connectivity index (χ1v) is 16.9. The van der Waals surface area contributed by atoms with E-state index in [-0.39, 0.29) is 11.8 Å². The zero-order valence-electron chi connectivity index (χ0n) is 29.2. The Morgan fingerprint density at radius 1 is 0.660 bits per heavy atom. The molecule has 0 spiro atoms. The number of nitrogens with one attached hydrogen (secondary N) is 3. The summed E-state index contributed by atoms with van der Waals surface area (Å²) < 4.78 is 17.1. The van der Waals surface area contributed by atoms with Crippen molar-refractivity contribution in [2.45, 2.75) is 26.4 Å². The average molecular weight is 705 g/mol. The first kappa shape index (κ1) is 34.4. The minimum Gasteiger partial charge on any atom is -0.457 e. The van der Waals surface area contributed by atoms with Crippen LogP contribution in [0.2, 0.25) is 0 Å². The molecule has 0 atom stereocenters. The van der Waals surface area contributed by atoms with Crippen molar-refractivity contribution in [1.82, 2.24) is 0 Å². The van der Waals surface area contributed by atoms with Gasteiger partial charge in [-0.1, -0.05) is 60.7 Å². The smallest absolute Gasteiger partial charge is 0.412 e. The molecule has 0 unspecified atom stereocenters. The number of anilines is 4. The van der Waals surface area contributed by atoms with E-state index in [1.54, 1.807) is 24.3 Å². The molecule has 10 heteroatoms. The zero-order valence-corrected chi connectivity index (χ0v) is 29.2. The third-order valence-electron chi connectivity index (χ3n) is 8.21. The Morgan fingerprint density at radius 3 is 1.70 bits per heavy atom. The molecule has 6 aromatic rings. The maximum Gasteiger partial charge on any atom is 0.412 e. The summed E-state index contributed by atoms with van der Waals surface area (Å²) in [7, 11) is 0. The molecular weight excluding hydrogens is 668 g/mol. The number of furan rings is 2. The number of carbonyl (C=O) groups is 3. The Hall–Kier alpha value is -7.07. The summed E-state index contributed by atoms with van der Waals surface area (Å²) in [5.41, 5.74) is 12.7. The zero-order chi connectivity index (χ0) is 37.1. The number of rotatable bonds is 5. The van der Waals surface area contributed by atoms with Crippen molar-refractivity contribution >= 4 is 64.0 Å². The monoisotopic (exact) mass is 704 g/mol. The van der Waals surface area contributed by atoms with Crippen molar-refractivity contribution in [1.29, 1.82) is 0 Å². The van der Waals surface area contributed by atoms with E-state index in [4.69, 9.17) is 19.3 Å². The second-order valence-electron chi connectivity index (χ2n) is 13.4. The molecule has 0 fully saturated rings. The van der Waals surface area contributed by atoms with Gasteiger partial charge in [-0.3, -0.25) is 14.9 Å². The number of nitrogens with two attached hydrogens (primary N) is 1. The molecule has 4 aromatic carbocycles. The number of hydrogen-bond acceptors (Lipinski definition) is 7.